The lowest BCUT2D eigenvalue weighted by atomic mass is 10.1. The summed E-state index contributed by atoms with van der Waals surface area (Å²) < 4.78 is 29.3. The Kier molecular flexibility index (Phi) is 10.4. The van der Waals surface area contributed by atoms with Crippen LogP contribution in [0.25, 0.3) is 0 Å². The molecule has 2 atom stereocenters. The van der Waals surface area contributed by atoms with Crippen molar-refractivity contribution in [3.63, 3.8) is 0 Å². The second-order valence-electron chi connectivity index (χ2n) is 8.95. The first kappa shape index (κ1) is 29.7. The fourth-order valence-corrected chi connectivity index (χ4v) is 5.72. The van der Waals surface area contributed by atoms with Crippen LogP contribution in [0.3, 0.4) is 0 Å². The van der Waals surface area contributed by atoms with Gasteiger partial charge in [0.05, 0.1) is 10.6 Å². The highest BCUT2D eigenvalue weighted by atomic mass is 79.9. The number of nitrogens with one attached hydrogen (secondary N) is 1. The molecule has 0 unspecified atom stereocenters. The number of halogens is 2. The van der Waals surface area contributed by atoms with Gasteiger partial charge < -0.3 is 10.2 Å². The van der Waals surface area contributed by atoms with Gasteiger partial charge in [-0.2, -0.15) is 0 Å². The van der Waals surface area contributed by atoms with Crippen molar-refractivity contribution < 1.29 is 18.0 Å². The Morgan fingerprint density at radius 3 is 2.24 bits per heavy atom. The normalized spacial score (nSPS) is 12.9. The van der Waals surface area contributed by atoms with Gasteiger partial charge in [0, 0.05) is 22.1 Å². The van der Waals surface area contributed by atoms with Crippen LogP contribution in [0.4, 0.5) is 5.69 Å². The van der Waals surface area contributed by atoms with Gasteiger partial charge in [0.1, 0.15) is 12.6 Å². The molecule has 0 fully saturated rings. The molecule has 0 aliphatic carbocycles. The third kappa shape index (κ3) is 7.58. The smallest absolute Gasteiger partial charge is 0.264 e. The van der Waals surface area contributed by atoms with Crippen molar-refractivity contribution in [1.29, 1.82) is 0 Å². The number of anilines is 1. The average Bonchev–Trinajstić information content (AvgIpc) is 2.90. The molecular formula is C28H31BrClN3O4S. The molecule has 38 heavy (non-hydrogen) atoms. The Morgan fingerprint density at radius 1 is 0.974 bits per heavy atom. The second kappa shape index (κ2) is 13.3. The number of carbonyl (C=O) groups is 2. The van der Waals surface area contributed by atoms with Crippen molar-refractivity contribution in [3.8, 4) is 0 Å². The topological polar surface area (TPSA) is 86.8 Å². The van der Waals surface area contributed by atoms with Crippen LogP contribution in [0.5, 0.6) is 0 Å². The summed E-state index contributed by atoms with van der Waals surface area (Å²) in [5, 5.41) is 3.32. The Bertz CT molecular complexity index is 1350. The highest BCUT2D eigenvalue weighted by Crippen LogP contribution is 2.25. The summed E-state index contributed by atoms with van der Waals surface area (Å²) >= 11 is 9.42. The number of carbonyl (C=O) groups excluding carboxylic acids is 2. The van der Waals surface area contributed by atoms with Gasteiger partial charge in [-0.25, -0.2) is 8.42 Å². The van der Waals surface area contributed by atoms with Gasteiger partial charge in [0.25, 0.3) is 10.0 Å². The molecule has 10 heteroatoms. The number of nitrogens with zero attached hydrogens (tertiary/aromatic N) is 2. The van der Waals surface area contributed by atoms with Gasteiger partial charge in [0.15, 0.2) is 0 Å². The lowest BCUT2D eigenvalue weighted by Gasteiger charge is -2.32. The largest absolute Gasteiger partial charge is 0.352 e. The summed E-state index contributed by atoms with van der Waals surface area (Å²) in [5.41, 5.74) is 1.12. The van der Waals surface area contributed by atoms with Crippen LogP contribution in [0, 0.1) is 0 Å². The molecule has 0 bridgehead atoms. The van der Waals surface area contributed by atoms with Gasteiger partial charge in [-0.1, -0.05) is 64.8 Å². The van der Waals surface area contributed by atoms with Crippen LogP contribution in [0.2, 0.25) is 5.02 Å². The number of hydrogen-bond acceptors (Lipinski definition) is 4. The predicted octanol–water partition coefficient (Wildman–Crippen LogP) is 5.63. The summed E-state index contributed by atoms with van der Waals surface area (Å²) in [5.74, 6) is -0.826. The van der Waals surface area contributed by atoms with E-state index in [1.54, 1.807) is 37.3 Å². The lowest BCUT2D eigenvalue weighted by Crippen LogP contribution is -2.52. The van der Waals surface area contributed by atoms with Crippen molar-refractivity contribution in [2.24, 2.45) is 0 Å². The number of benzene rings is 3. The first-order valence-electron chi connectivity index (χ1n) is 12.2. The third-order valence-corrected chi connectivity index (χ3v) is 8.67. The van der Waals surface area contributed by atoms with E-state index in [1.165, 1.54) is 29.2 Å². The van der Waals surface area contributed by atoms with Crippen LogP contribution in [-0.4, -0.2) is 43.8 Å². The minimum atomic E-state index is -4.13. The zero-order valence-corrected chi connectivity index (χ0v) is 24.6. The van der Waals surface area contributed by atoms with Crippen LogP contribution < -0.4 is 9.62 Å². The van der Waals surface area contributed by atoms with E-state index < -0.39 is 28.5 Å². The van der Waals surface area contributed by atoms with E-state index in [0.717, 1.165) is 20.8 Å². The minimum Gasteiger partial charge on any atom is -0.352 e. The number of sulfonamides is 1. The molecule has 0 aromatic heterocycles. The molecule has 2 amide bonds. The van der Waals surface area contributed by atoms with Gasteiger partial charge >= 0.3 is 0 Å². The molecule has 0 aliphatic heterocycles. The summed E-state index contributed by atoms with van der Waals surface area (Å²) in [7, 11) is -4.13. The molecule has 3 rings (SSSR count). The first-order chi connectivity index (χ1) is 18.0. The van der Waals surface area contributed by atoms with Crippen molar-refractivity contribution >= 4 is 55.1 Å². The molecule has 202 valence electrons. The van der Waals surface area contributed by atoms with E-state index in [0.29, 0.717) is 10.7 Å². The quantitative estimate of drug-likeness (QED) is 0.301. The molecule has 7 nitrogen and oxygen atoms in total. The molecule has 0 heterocycles. The van der Waals surface area contributed by atoms with Crippen LogP contribution in [0.15, 0.2) is 88.2 Å². The molecule has 0 saturated heterocycles. The van der Waals surface area contributed by atoms with Crippen molar-refractivity contribution in [1.82, 2.24) is 10.2 Å². The molecule has 0 aliphatic rings. The maximum Gasteiger partial charge on any atom is 0.264 e. The maximum absolute atomic E-state index is 13.9. The van der Waals surface area contributed by atoms with E-state index >= 15 is 0 Å². The summed E-state index contributed by atoms with van der Waals surface area (Å²) in [6.45, 7) is 5.12. The van der Waals surface area contributed by atoms with Gasteiger partial charge in [0.2, 0.25) is 11.8 Å². The van der Waals surface area contributed by atoms with Crippen molar-refractivity contribution in [2.75, 3.05) is 10.8 Å². The first-order valence-corrected chi connectivity index (χ1v) is 14.8. The van der Waals surface area contributed by atoms with Crippen LogP contribution >= 0.6 is 27.5 Å². The molecule has 0 radical (unpaired) electrons. The van der Waals surface area contributed by atoms with Gasteiger partial charge in [-0.15, -0.1) is 0 Å². The Morgan fingerprint density at radius 2 is 1.63 bits per heavy atom. The SMILES string of the molecule is CC[C@H](C)NC(=O)[C@@H](C)N(Cc1cccc(Br)c1)C(=O)CN(c1ccccc1)S(=O)(=O)c1ccc(Cl)cc1. The standard InChI is InChI=1S/C28H31BrClN3O4S/c1-4-20(2)31-28(35)21(3)32(18-22-9-8-10-23(29)17-22)27(34)19-33(25-11-6-5-7-12-25)38(36,37)26-15-13-24(30)14-16-26/h5-17,20-21H,4,18-19H2,1-3H3,(H,31,35)/t20-,21+/m0/s1. The Labute approximate surface area is 238 Å². The number of rotatable bonds is 11. The predicted molar refractivity (Wildman–Crippen MR) is 154 cm³/mol. The number of hydrogen-bond donors (Lipinski definition) is 1. The van der Waals surface area contributed by atoms with Crippen molar-refractivity contribution in [2.45, 2.75) is 50.7 Å². The zero-order valence-electron chi connectivity index (χ0n) is 21.5. The second-order valence-corrected chi connectivity index (χ2v) is 12.2. The van der Waals surface area contributed by atoms with Gasteiger partial charge in [-0.05, 0) is 74.4 Å². The monoisotopic (exact) mass is 619 g/mol. The Hall–Kier alpha value is -2.88. The fourth-order valence-electron chi connectivity index (χ4n) is 3.74. The fraction of sp³-hybridized carbons (Fsp3) is 0.286. The van der Waals surface area contributed by atoms with E-state index in [2.05, 4.69) is 21.2 Å². The summed E-state index contributed by atoms with van der Waals surface area (Å²) in [6, 6.07) is 20.7. The van der Waals surface area contributed by atoms with E-state index in [1.807, 2.05) is 38.1 Å². The molecule has 0 saturated carbocycles. The molecule has 3 aromatic rings. The van der Waals surface area contributed by atoms with E-state index in [-0.39, 0.29) is 23.4 Å². The van der Waals surface area contributed by atoms with Crippen LogP contribution in [0.1, 0.15) is 32.8 Å². The van der Waals surface area contributed by atoms with E-state index in [9.17, 15) is 18.0 Å². The molecule has 1 N–H and O–H groups in total. The highest BCUT2D eigenvalue weighted by molar-refractivity contribution is 9.10. The highest BCUT2D eigenvalue weighted by Gasteiger charge is 2.32. The zero-order chi connectivity index (χ0) is 27.9. The molecule has 0 spiro atoms. The number of para-hydroxylation sites is 1. The maximum atomic E-state index is 13.9. The summed E-state index contributed by atoms with van der Waals surface area (Å²) in [4.78, 5) is 28.3. The van der Waals surface area contributed by atoms with Gasteiger partial charge in [-0.3, -0.25) is 13.9 Å². The Balaban J connectivity index is 2.00. The van der Waals surface area contributed by atoms with Crippen LogP contribution in [-0.2, 0) is 26.2 Å². The third-order valence-electron chi connectivity index (χ3n) is 6.13. The lowest BCUT2D eigenvalue weighted by molar-refractivity contribution is -0.139. The molecular weight excluding hydrogens is 590 g/mol. The minimum absolute atomic E-state index is 0.000319. The average molecular weight is 621 g/mol. The molecule has 3 aromatic carbocycles. The summed E-state index contributed by atoms with van der Waals surface area (Å²) in [6.07, 6.45) is 0.735. The van der Waals surface area contributed by atoms with E-state index in [4.69, 9.17) is 11.6 Å². The van der Waals surface area contributed by atoms with Crippen molar-refractivity contribution in [3.05, 3.63) is 93.9 Å². The number of amides is 2.